The molecule has 0 heterocycles. The molecule has 0 aliphatic heterocycles. The topological polar surface area (TPSA) is 35.5 Å². The number of ether oxygens (including phenoxy) is 2. The standard InChI is InChI=1S/C38H44F4O3/c1-3-5-7-11-24-16-18-25(19-17-24)27-20-23-32(37(42)34(27)39)45-38(43)30-15-10-14-28(33(30)26-12-8-6-9-13-26)29-21-22-31(44-4-2)36(41)35(29)40/h10,14-15,20-26H,3-9,11-13,16-19H2,1-2H3/t24-,25-. The maximum Gasteiger partial charge on any atom is 0.343 e. The molecule has 242 valence electrons. The van der Waals surface area contributed by atoms with Crippen LogP contribution >= 0.6 is 0 Å². The van der Waals surface area contributed by atoms with Gasteiger partial charge < -0.3 is 9.47 Å². The lowest BCUT2D eigenvalue weighted by Crippen LogP contribution is -2.18. The van der Waals surface area contributed by atoms with Crippen molar-refractivity contribution < 1.29 is 31.8 Å². The number of esters is 1. The third kappa shape index (κ3) is 7.39. The first kappa shape index (κ1) is 33.0. The zero-order valence-electron chi connectivity index (χ0n) is 26.4. The van der Waals surface area contributed by atoms with Gasteiger partial charge in [0.1, 0.15) is 0 Å². The highest BCUT2D eigenvalue weighted by Gasteiger charge is 2.30. The first-order chi connectivity index (χ1) is 21.8. The van der Waals surface area contributed by atoms with Crippen LogP contribution in [0.1, 0.15) is 131 Å². The van der Waals surface area contributed by atoms with Crippen LogP contribution < -0.4 is 9.47 Å². The van der Waals surface area contributed by atoms with E-state index in [4.69, 9.17) is 9.47 Å². The maximum absolute atomic E-state index is 15.4. The fourth-order valence-corrected chi connectivity index (χ4v) is 7.36. The Morgan fingerprint density at radius 1 is 0.711 bits per heavy atom. The van der Waals surface area contributed by atoms with Crippen LogP contribution in [-0.4, -0.2) is 12.6 Å². The highest BCUT2D eigenvalue weighted by atomic mass is 19.2. The van der Waals surface area contributed by atoms with Crippen LogP contribution in [0.3, 0.4) is 0 Å². The van der Waals surface area contributed by atoms with Crippen molar-refractivity contribution in [3.63, 3.8) is 0 Å². The summed E-state index contributed by atoms with van der Waals surface area (Å²) in [7, 11) is 0. The van der Waals surface area contributed by atoms with E-state index in [-0.39, 0.29) is 35.3 Å². The van der Waals surface area contributed by atoms with E-state index in [0.717, 1.165) is 57.8 Å². The molecule has 0 bridgehead atoms. The van der Waals surface area contributed by atoms with Gasteiger partial charge in [0.05, 0.1) is 12.2 Å². The summed E-state index contributed by atoms with van der Waals surface area (Å²) >= 11 is 0. The second kappa shape index (κ2) is 15.3. The second-order valence-corrected chi connectivity index (χ2v) is 12.7. The van der Waals surface area contributed by atoms with Crippen molar-refractivity contribution in [3.05, 3.63) is 82.4 Å². The Morgan fingerprint density at radius 2 is 1.42 bits per heavy atom. The first-order valence-electron chi connectivity index (χ1n) is 16.8. The molecule has 0 amide bonds. The quantitative estimate of drug-likeness (QED) is 0.0921. The molecule has 0 aromatic heterocycles. The average molecular weight is 625 g/mol. The van der Waals surface area contributed by atoms with Crippen LogP contribution in [0.15, 0.2) is 42.5 Å². The highest BCUT2D eigenvalue weighted by Crippen LogP contribution is 2.43. The van der Waals surface area contributed by atoms with Gasteiger partial charge in [0.2, 0.25) is 11.6 Å². The second-order valence-electron chi connectivity index (χ2n) is 12.7. The minimum Gasteiger partial charge on any atom is -0.491 e. The van der Waals surface area contributed by atoms with E-state index in [2.05, 4.69) is 6.92 Å². The van der Waals surface area contributed by atoms with Gasteiger partial charge in [-0.1, -0.05) is 70.1 Å². The fraction of sp³-hybridized carbons (Fsp3) is 0.500. The summed E-state index contributed by atoms with van der Waals surface area (Å²) in [6.45, 7) is 4.06. The van der Waals surface area contributed by atoms with Crippen LogP contribution in [0.4, 0.5) is 17.6 Å². The molecule has 2 saturated carbocycles. The lowest BCUT2D eigenvalue weighted by Gasteiger charge is -2.29. The van der Waals surface area contributed by atoms with E-state index in [1.54, 1.807) is 31.2 Å². The van der Waals surface area contributed by atoms with Crippen molar-refractivity contribution >= 4 is 5.97 Å². The number of unbranched alkanes of at least 4 members (excludes halogenated alkanes) is 2. The normalized spacial score (nSPS) is 19.0. The summed E-state index contributed by atoms with van der Waals surface area (Å²) < 4.78 is 71.9. The zero-order valence-corrected chi connectivity index (χ0v) is 26.4. The van der Waals surface area contributed by atoms with E-state index in [0.29, 0.717) is 22.6 Å². The predicted molar refractivity (Wildman–Crippen MR) is 169 cm³/mol. The molecule has 3 aromatic rings. The minimum atomic E-state index is -1.18. The van der Waals surface area contributed by atoms with E-state index in [1.165, 1.54) is 43.9 Å². The Kier molecular flexibility index (Phi) is 11.2. The van der Waals surface area contributed by atoms with Gasteiger partial charge in [0.25, 0.3) is 0 Å². The van der Waals surface area contributed by atoms with Crippen LogP contribution in [0, 0.1) is 29.2 Å². The monoisotopic (exact) mass is 624 g/mol. The number of hydrogen-bond acceptors (Lipinski definition) is 3. The number of benzene rings is 3. The molecule has 0 unspecified atom stereocenters. The Hall–Kier alpha value is -3.35. The van der Waals surface area contributed by atoms with Crippen molar-refractivity contribution in [2.75, 3.05) is 6.61 Å². The molecule has 3 aromatic carbocycles. The van der Waals surface area contributed by atoms with Gasteiger partial charge in [-0.2, -0.15) is 8.78 Å². The molecule has 0 N–H and O–H groups in total. The molecular formula is C38H44F4O3. The number of hydrogen-bond donors (Lipinski definition) is 0. The van der Waals surface area contributed by atoms with Gasteiger partial charge in [0, 0.05) is 5.56 Å². The lowest BCUT2D eigenvalue weighted by molar-refractivity contribution is 0.0724. The van der Waals surface area contributed by atoms with Gasteiger partial charge in [-0.3, -0.25) is 0 Å². The molecule has 5 rings (SSSR count). The Bertz CT molecular complexity index is 1470. The van der Waals surface area contributed by atoms with Crippen LogP contribution in [0.2, 0.25) is 0 Å². The molecular weight excluding hydrogens is 580 g/mol. The number of carbonyl (C=O) groups is 1. The van der Waals surface area contributed by atoms with Crippen molar-refractivity contribution in [2.24, 2.45) is 5.92 Å². The Labute approximate surface area is 264 Å². The molecule has 0 saturated heterocycles. The lowest BCUT2D eigenvalue weighted by atomic mass is 9.77. The largest absolute Gasteiger partial charge is 0.491 e. The van der Waals surface area contributed by atoms with Crippen molar-refractivity contribution in [1.29, 1.82) is 0 Å². The van der Waals surface area contributed by atoms with Gasteiger partial charge in [0.15, 0.2) is 23.1 Å². The summed E-state index contributed by atoms with van der Waals surface area (Å²) in [4.78, 5) is 13.6. The van der Waals surface area contributed by atoms with Crippen molar-refractivity contribution in [1.82, 2.24) is 0 Å². The highest BCUT2D eigenvalue weighted by molar-refractivity contribution is 5.95. The molecule has 3 nitrogen and oxygen atoms in total. The fourth-order valence-electron chi connectivity index (χ4n) is 7.36. The smallest absolute Gasteiger partial charge is 0.343 e. The Morgan fingerprint density at radius 3 is 2.13 bits per heavy atom. The predicted octanol–water partition coefficient (Wildman–Crippen LogP) is 11.4. The summed E-state index contributed by atoms with van der Waals surface area (Å²) in [5.74, 6) is -5.36. The summed E-state index contributed by atoms with van der Waals surface area (Å²) in [5.41, 5.74) is 1.39. The third-order valence-corrected chi connectivity index (χ3v) is 9.76. The maximum atomic E-state index is 15.4. The summed E-state index contributed by atoms with van der Waals surface area (Å²) in [5, 5.41) is 0. The molecule has 2 aliphatic carbocycles. The molecule has 7 heteroatoms. The van der Waals surface area contributed by atoms with Gasteiger partial charge in [-0.15, -0.1) is 0 Å². The number of rotatable bonds is 11. The van der Waals surface area contributed by atoms with E-state index < -0.39 is 35.0 Å². The van der Waals surface area contributed by atoms with Gasteiger partial charge in [-0.25, -0.2) is 13.6 Å². The van der Waals surface area contributed by atoms with Gasteiger partial charge in [-0.05, 0) is 104 Å². The molecule has 0 spiro atoms. The minimum absolute atomic E-state index is 0.00726. The van der Waals surface area contributed by atoms with Crippen LogP contribution in [-0.2, 0) is 0 Å². The molecule has 45 heavy (non-hydrogen) atoms. The summed E-state index contributed by atoms with van der Waals surface area (Å²) in [6.07, 6.45) is 12.9. The van der Waals surface area contributed by atoms with Crippen molar-refractivity contribution in [2.45, 2.75) is 109 Å². The van der Waals surface area contributed by atoms with E-state index in [9.17, 15) is 9.18 Å². The van der Waals surface area contributed by atoms with Gasteiger partial charge >= 0.3 is 5.97 Å². The van der Waals surface area contributed by atoms with Crippen molar-refractivity contribution in [3.8, 4) is 22.6 Å². The first-order valence-corrected chi connectivity index (χ1v) is 16.8. The van der Waals surface area contributed by atoms with E-state index >= 15 is 13.2 Å². The molecule has 2 aliphatic rings. The number of carbonyl (C=O) groups excluding carboxylic acids is 1. The molecule has 2 fully saturated rings. The van der Waals surface area contributed by atoms with E-state index in [1.807, 2.05) is 0 Å². The Balaban J connectivity index is 1.41. The molecule has 0 atom stereocenters. The third-order valence-electron chi connectivity index (χ3n) is 9.76. The SMILES string of the molecule is CCCCC[C@H]1CC[C@H](c2ccc(OC(=O)c3cccc(-c4ccc(OCC)c(F)c4F)c3C3CCCCC3)c(F)c2F)CC1. The summed E-state index contributed by atoms with van der Waals surface area (Å²) in [6, 6.07) is 10.5. The van der Waals surface area contributed by atoms with Crippen LogP contribution in [0.25, 0.3) is 11.1 Å². The number of halogens is 4. The molecule has 0 radical (unpaired) electrons. The van der Waals surface area contributed by atoms with Crippen LogP contribution in [0.5, 0.6) is 11.5 Å². The average Bonchev–Trinajstić information content (AvgIpc) is 3.06. The zero-order chi connectivity index (χ0) is 31.9.